The van der Waals surface area contributed by atoms with Crippen LogP contribution in [0.5, 0.6) is 0 Å². The van der Waals surface area contributed by atoms with E-state index in [-0.39, 0.29) is 0 Å². The van der Waals surface area contributed by atoms with Crippen LogP contribution < -0.4 is 5.32 Å². The van der Waals surface area contributed by atoms with Gasteiger partial charge in [0.1, 0.15) is 0 Å². The Morgan fingerprint density at radius 1 is 1.53 bits per heavy atom. The second-order valence-electron chi connectivity index (χ2n) is 3.97. The lowest BCUT2D eigenvalue weighted by Gasteiger charge is -2.07. The molecule has 0 heterocycles. The molecule has 4 heteroatoms. The summed E-state index contributed by atoms with van der Waals surface area (Å²) in [6.07, 6.45) is 1.21. The second kappa shape index (κ2) is 8.44. The molecule has 0 unspecified atom stereocenters. The maximum atomic E-state index is 10.3. The van der Waals surface area contributed by atoms with Crippen molar-refractivity contribution in [2.75, 3.05) is 26.3 Å². The quantitative estimate of drug-likeness (QED) is 0.473. The molecule has 0 saturated heterocycles. The summed E-state index contributed by atoms with van der Waals surface area (Å²) in [5.41, 5.74) is 0.811. The fourth-order valence-electron chi connectivity index (χ4n) is 1.01. The number of nitrogens with one attached hydrogen (secondary N) is 1. The molecule has 0 rings (SSSR count). The molecule has 0 aliphatic carbocycles. The van der Waals surface area contributed by atoms with E-state index in [9.17, 15) is 4.79 Å². The summed E-state index contributed by atoms with van der Waals surface area (Å²) in [6.45, 7) is 8.77. The van der Waals surface area contributed by atoms with Gasteiger partial charge in [0, 0.05) is 25.8 Å². The zero-order chi connectivity index (χ0) is 11.7. The molecule has 0 bridgehead atoms. The Kier molecular flexibility index (Phi) is 7.95. The van der Waals surface area contributed by atoms with E-state index in [1.165, 1.54) is 6.08 Å². The standard InChI is InChI=1S/C11H21NO3/c1-9(2)8-15-5-4-12-7-10(3)6-11(13)14/h6,9,12H,4-5,7-8H2,1-3H3,(H,13,14). The number of rotatable bonds is 8. The minimum Gasteiger partial charge on any atom is -0.478 e. The number of ether oxygens (including phenoxy) is 1. The molecular weight excluding hydrogens is 194 g/mol. The van der Waals surface area contributed by atoms with Crippen LogP contribution in [-0.4, -0.2) is 37.4 Å². The van der Waals surface area contributed by atoms with Gasteiger partial charge in [0.2, 0.25) is 0 Å². The van der Waals surface area contributed by atoms with Gasteiger partial charge in [0.15, 0.2) is 0 Å². The van der Waals surface area contributed by atoms with Crippen molar-refractivity contribution in [3.63, 3.8) is 0 Å². The lowest BCUT2D eigenvalue weighted by molar-refractivity contribution is -0.131. The molecule has 2 N–H and O–H groups in total. The van der Waals surface area contributed by atoms with Gasteiger partial charge in [-0.3, -0.25) is 0 Å². The maximum absolute atomic E-state index is 10.3. The largest absolute Gasteiger partial charge is 0.478 e. The van der Waals surface area contributed by atoms with Gasteiger partial charge < -0.3 is 15.2 Å². The average molecular weight is 215 g/mol. The van der Waals surface area contributed by atoms with E-state index in [0.717, 1.165) is 18.7 Å². The van der Waals surface area contributed by atoms with Gasteiger partial charge in [-0.05, 0) is 12.8 Å². The van der Waals surface area contributed by atoms with E-state index >= 15 is 0 Å². The lowest BCUT2D eigenvalue weighted by Crippen LogP contribution is -2.22. The molecule has 0 saturated carbocycles. The molecule has 0 radical (unpaired) electrons. The highest BCUT2D eigenvalue weighted by molar-refractivity contribution is 5.80. The Hall–Kier alpha value is -0.870. The fourth-order valence-corrected chi connectivity index (χ4v) is 1.01. The summed E-state index contributed by atoms with van der Waals surface area (Å²) in [4.78, 5) is 10.3. The molecule has 88 valence electrons. The predicted octanol–water partition coefficient (Wildman–Crippen LogP) is 1.28. The Labute approximate surface area is 91.3 Å². The zero-order valence-electron chi connectivity index (χ0n) is 9.75. The van der Waals surface area contributed by atoms with Crippen LogP contribution in [-0.2, 0) is 9.53 Å². The van der Waals surface area contributed by atoms with Gasteiger partial charge in [-0.15, -0.1) is 0 Å². The van der Waals surface area contributed by atoms with Crippen LogP contribution in [0.15, 0.2) is 11.6 Å². The minimum atomic E-state index is -0.898. The number of hydrogen-bond acceptors (Lipinski definition) is 3. The summed E-state index contributed by atoms with van der Waals surface area (Å²) in [5.74, 6) is -0.344. The van der Waals surface area contributed by atoms with E-state index in [2.05, 4.69) is 19.2 Å². The Bertz CT molecular complexity index is 212. The van der Waals surface area contributed by atoms with Crippen LogP contribution in [0.4, 0.5) is 0 Å². The van der Waals surface area contributed by atoms with E-state index in [1.54, 1.807) is 6.92 Å². The average Bonchev–Trinajstić information content (AvgIpc) is 2.09. The van der Waals surface area contributed by atoms with Crippen molar-refractivity contribution in [2.24, 2.45) is 5.92 Å². The van der Waals surface area contributed by atoms with Gasteiger partial charge in [-0.2, -0.15) is 0 Å². The first-order chi connectivity index (χ1) is 7.02. The summed E-state index contributed by atoms with van der Waals surface area (Å²) < 4.78 is 5.36. The third-order valence-electron chi connectivity index (χ3n) is 1.65. The van der Waals surface area contributed by atoms with Crippen LogP contribution in [0, 0.1) is 5.92 Å². The maximum Gasteiger partial charge on any atom is 0.328 e. The molecule has 0 atom stereocenters. The highest BCUT2D eigenvalue weighted by Crippen LogP contribution is 1.92. The van der Waals surface area contributed by atoms with Gasteiger partial charge in [-0.1, -0.05) is 19.4 Å². The molecule has 15 heavy (non-hydrogen) atoms. The van der Waals surface area contributed by atoms with E-state index < -0.39 is 5.97 Å². The van der Waals surface area contributed by atoms with Gasteiger partial charge >= 0.3 is 5.97 Å². The Balaban J connectivity index is 3.35. The van der Waals surface area contributed by atoms with Crippen molar-refractivity contribution in [1.82, 2.24) is 5.32 Å². The van der Waals surface area contributed by atoms with Crippen LogP contribution in [0.25, 0.3) is 0 Å². The molecule has 0 amide bonds. The first kappa shape index (κ1) is 14.1. The topological polar surface area (TPSA) is 58.6 Å². The summed E-state index contributed by atoms with van der Waals surface area (Å²) in [6, 6.07) is 0. The third-order valence-corrected chi connectivity index (χ3v) is 1.65. The third kappa shape index (κ3) is 11.1. The van der Waals surface area contributed by atoms with Crippen molar-refractivity contribution in [1.29, 1.82) is 0 Å². The van der Waals surface area contributed by atoms with Gasteiger partial charge in [0.05, 0.1) is 6.61 Å². The molecule has 0 aromatic carbocycles. The minimum absolute atomic E-state index is 0.554. The smallest absolute Gasteiger partial charge is 0.328 e. The molecule has 4 nitrogen and oxygen atoms in total. The molecule has 0 spiro atoms. The highest BCUT2D eigenvalue weighted by atomic mass is 16.5. The summed E-state index contributed by atoms with van der Waals surface area (Å²) in [7, 11) is 0. The number of carbonyl (C=O) groups is 1. The van der Waals surface area contributed by atoms with Crippen LogP contribution in [0.1, 0.15) is 20.8 Å². The van der Waals surface area contributed by atoms with E-state index in [4.69, 9.17) is 9.84 Å². The molecule has 0 aromatic rings. The fraction of sp³-hybridized carbons (Fsp3) is 0.727. The molecule has 0 aliphatic heterocycles. The van der Waals surface area contributed by atoms with E-state index in [1.807, 2.05) is 0 Å². The first-order valence-electron chi connectivity index (χ1n) is 5.21. The van der Waals surface area contributed by atoms with Gasteiger partial charge in [0.25, 0.3) is 0 Å². The van der Waals surface area contributed by atoms with Crippen LogP contribution >= 0.6 is 0 Å². The van der Waals surface area contributed by atoms with Gasteiger partial charge in [-0.25, -0.2) is 4.79 Å². The molecule has 0 fully saturated rings. The normalized spacial score (nSPS) is 12.1. The highest BCUT2D eigenvalue weighted by Gasteiger charge is 1.95. The second-order valence-corrected chi connectivity index (χ2v) is 3.97. The van der Waals surface area contributed by atoms with Crippen molar-refractivity contribution >= 4 is 5.97 Å². The zero-order valence-corrected chi connectivity index (χ0v) is 9.75. The predicted molar refractivity (Wildman–Crippen MR) is 59.9 cm³/mol. The summed E-state index contributed by atoms with van der Waals surface area (Å²) in [5, 5.41) is 11.6. The van der Waals surface area contributed by atoms with Crippen molar-refractivity contribution in [2.45, 2.75) is 20.8 Å². The number of hydrogen-bond donors (Lipinski definition) is 2. The summed E-state index contributed by atoms with van der Waals surface area (Å²) >= 11 is 0. The SMILES string of the molecule is CC(=CC(=O)O)CNCCOCC(C)C. The van der Waals surface area contributed by atoms with Crippen LogP contribution in [0.3, 0.4) is 0 Å². The van der Waals surface area contributed by atoms with Crippen LogP contribution in [0.2, 0.25) is 0 Å². The molecule has 0 aliphatic rings. The number of carboxylic acids is 1. The van der Waals surface area contributed by atoms with Crippen molar-refractivity contribution in [3.05, 3.63) is 11.6 Å². The van der Waals surface area contributed by atoms with Crippen molar-refractivity contribution in [3.8, 4) is 0 Å². The Morgan fingerprint density at radius 2 is 2.20 bits per heavy atom. The monoisotopic (exact) mass is 215 g/mol. The number of aliphatic carboxylic acids is 1. The number of carboxylic acid groups (broad SMARTS) is 1. The van der Waals surface area contributed by atoms with E-state index in [0.29, 0.717) is 19.1 Å². The van der Waals surface area contributed by atoms with Crippen molar-refractivity contribution < 1.29 is 14.6 Å². The molecule has 0 aromatic heterocycles. The lowest BCUT2D eigenvalue weighted by atomic mass is 10.2. The molecular formula is C11H21NO3. The first-order valence-corrected chi connectivity index (χ1v) is 5.21. The Morgan fingerprint density at radius 3 is 2.73 bits per heavy atom.